The minimum atomic E-state index is -1.20. The molecule has 1 aromatic rings. The number of nitrogens with one attached hydrogen (secondary N) is 1. The highest BCUT2D eigenvalue weighted by Crippen LogP contribution is 2.27. The van der Waals surface area contributed by atoms with E-state index in [-0.39, 0.29) is 12.6 Å². The number of benzene rings is 1. The average Bonchev–Trinajstić information content (AvgIpc) is 2.76. The first-order valence-electron chi connectivity index (χ1n) is 10.3. The van der Waals surface area contributed by atoms with Gasteiger partial charge in [-0.3, -0.25) is 4.90 Å². The molecule has 2 amide bonds. The van der Waals surface area contributed by atoms with E-state index in [2.05, 4.69) is 10.2 Å². The molecular weight excluding hydrogens is 372 g/mol. The molecule has 160 valence electrons. The number of ether oxygens (including phenoxy) is 2. The van der Waals surface area contributed by atoms with Gasteiger partial charge in [-0.05, 0) is 31.2 Å². The lowest BCUT2D eigenvalue weighted by molar-refractivity contribution is -0.194. The van der Waals surface area contributed by atoms with Gasteiger partial charge in [0.15, 0.2) is 5.60 Å². The average molecular weight is 405 g/mol. The maximum atomic E-state index is 12.8. The molecule has 2 atom stereocenters. The molecule has 8 heteroatoms. The number of hydrogen-bond donors (Lipinski definition) is 2. The van der Waals surface area contributed by atoms with Crippen LogP contribution in [0.5, 0.6) is 0 Å². The van der Waals surface area contributed by atoms with E-state index in [0.717, 1.165) is 38.0 Å². The van der Waals surface area contributed by atoms with Gasteiger partial charge < -0.3 is 25.4 Å². The number of nitrogens with zero attached hydrogens (tertiary/aromatic N) is 2. The third kappa shape index (κ3) is 5.07. The molecule has 2 aliphatic rings. The van der Waals surface area contributed by atoms with Crippen LogP contribution in [0, 0.1) is 5.92 Å². The summed E-state index contributed by atoms with van der Waals surface area (Å²) in [5, 5.41) is 2.67. The predicted molar refractivity (Wildman–Crippen MR) is 109 cm³/mol. The van der Waals surface area contributed by atoms with Gasteiger partial charge in [0.1, 0.15) is 6.61 Å². The molecule has 29 heavy (non-hydrogen) atoms. The Labute approximate surface area is 172 Å². The summed E-state index contributed by atoms with van der Waals surface area (Å²) < 4.78 is 11.3. The highest BCUT2D eigenvalue weighted by molar-refractivity contribution is 5.80. The molecule has 0 radical (unpaired) electrons. The smallest absolute Gasteiger partial charge is 0.341 e. The Morgan fingerprint density at radius 3 is 2.59 bits per heavy atom. The number of urea groups is 1. The van der Waals surface area contributed by atoms with Gasteiger partial charge in [0.05, 0.1) is 12.8 Å². The molecule has 2 fully saturated rings. The number of nitrogens with two attached hydrogens (primary N) is 1. The van der Waals surface area contributed by atoms with Crippen molar-refractivity contribution in [1.82, 2.24) is 15.1 Å². The Hall–Kier alpha value is -2.16. The van der Waals surface area contributed by atoms with Crippen LogP contribution in [0.3, 0.4) is 0 Å². The van der Waals surface area contributed by atoms with Crippen LogP contribution in [-0.2, 0) is 20.9 Å². The van der Waals surface area contributed by atoms with Gasteiger partial charge in [0.2, 0.25) is 0 Å². The van der Waals surface area contributed by atoms with E-state index in [4.69, 9.17) is 15.2 Å². The Morgan fingerprint density at radius 1 is 1.24 bits per heavy atom. The standard InChI is InChI=1S/C21H32N4O4/c1-21(19(26)28-15-17-6-4-3-5-7-17)18(22)25(12-13-29-21)14-16-8-10-24(11-9-16)20(27)23-2/h3-7,16,18H,8-15,22H2,1-2H3,(H,23,27). The third-order valence-corrected chi connectivity index (χ3v) is 5.96. The molecule has 3 N–H and O–H groups in total. The first kappa shape index (κ1) is 21.5. The van der Waals surface area contributed by atoms with Crippen molar-refractivity contribution in [3.63, 3.8) is 0 Å². The molecule has 0 saturated carbocycles. The zero-order chi connectivity index (χ0) is 20.9. The molecule has 0 aliphatic carbocycles. The van der Waals surface area contributed by atoms with Crippen LogP contribution in [0.1, 0.15) is 25.3 Å². The van der Waals surface area contributed by atoms with Crippen molar-refractivity contribution in [2.75, 3.05) is 39.8 Å². The summed E-state index contributed by atoms with van der Waals surface area (Å²) in [4.78, 5) is 28.5. The van der Waals surface area contributed by atoms with Crippen LogP contribution in [0.4, 0.5) is 4.79 Å². The zero-order valence-corrected chi connectivity index (χ0v) is 17.3. The molecule has 0 spiro atoms. The largest absolute Gasteiger partial charge is 0.459 e. The van der Waals surface area contributed by atoms with Crippen molar-refractivity contribution in [2.24, 2.45) is 11.7 Å². The van der Waals surface area contributed by atoms with Crippen molar-refractivity contribution in [3.05, 3.63) is 35.9 Å². The van der Waals surface area contributed by atoms with Crippen LogP contribution in [0.2, 0.25) is 0 Å². The Morgan fingerprint density at radius 2 is 1.93 bits per heavy atom. The van der Waals surface area contributed by atoms with Crippen molar-refractivity contribution in [1.29, 1.82) is 0 Å². The fourth-order valence-electron chi connectivity index (χ4n) is 4.01. The van der Waals surface area contributed by atoms with Crippen molar-refractivity contribution < 1.29 is 19.1 Å². The molecular formula is C21H32N4O4. The van der Waals surface area contributed by atoms with E-state index >= 15 is 0 Å². The summed E-state index contributed by atoms with van der Waals surface area (Å²) in [6.45, 7) is 5.28. The van der Waals surface area contributed by atoms with E-state index in [1.165, 1.54) is 0 Å². The molecule has 1 aromatic carbocycles. The van der Waals surface area contributed by atoms with Crippen molar-refractivity contribution in [3.8, 4) is 0 Å². The zero-order valence-electron chi connectivity index (χ0n) is 17.3. The minimum Gasteiger partial charge on any atom is -0.459 e. The molecule has 0 bridgehead atoms. The second-order valence-corrected chi connectivity index (χ2v) is 7.94. The molecule has 0 aromatic heterocycles. The van der Waals surface area contributed by atoms with Gasteiger partial charge in [-0.15, -0.1) is 0 Å². The summed E-state index contributed by atoms with van der Waals surface area (Å²) in [6, 6.07) is 9.53. The number of likely N-dealkylation sites (tertiary alicyclic amines) is 1. The topological polar surface area (TPSA) is 97.1 Å². The van der Waals surface area contributed by atoms with Gasteiger partial charge in [0, 0.05) is 33.2 Å². The van der Waals surface area contributed by atoms with Crippen molar-refractivity contribution in [2.45, 2.75) is 38.1 Å². The quantitative estimate of drug-likeness (QED) is 0.715. The Bertz CT molecular complexity index is 693. The predicted octanol–water partition coefficient (Wildman–Crippen LogP) is 1.16. The lowest BCUT2D eigenvalue weighted by Gasteiger charge is -2.46. The lowest BCUT2D eigenvalue weighted by atomic mass is 9.93. The fourth-order valence-corrected chi connectivity index (χ4v) is 4.01. The van der Waals surface area contributed by atoms with Crippen LogP contribution in [0.25, 0.3) is 0 Å². The Kier molecular flexibility index (Phi) is 7.10. The van der Waals surface area contributed by atoms with Gasteiger partial charge in [0.25, 0.3) is 0 Å². The fraction of sp³-hybridized carbons (Fsp3) is 0.619. The SMILES string of the molecule is CNC(=O)N1CCC(CN2CCOC(C)(C(=O)OCc3ccccc3)C2N)CC1. The van der Waals surface area contributed by atoms with E-state index < -0.39 is 17.7 Å². The third-order valence-electron chi connectivity index (χ3n) is 5.96. The summed E-state index contributed by atoms with van der Waals surface area (Å²) in [5.74, 6) is -0.00219. The number of carbonyl (C=O) groups excluding carboxylic acids is 2. The highest BCUT2D eigenvalue weighted by Gasteiger charge is 2.48. The summed E-state index contributed by atoms with van der Waals surface area (Å²) in [5.41, 5.74) is 6.19. The summed E-state index contributed by atoms with van der Waals surface area (Å²) in [6.07, 6.45) is 1.27. The number of hydrogen-bond acceptors (Lipinski definition) is 6. The monoisotopic (exact) mass is 404 g/mol. The number of esters is 1. The van der Waals surface area contributed by atoms with Gasteiger partial charge in [-0.1, -0.05) is 30.3 Å². The molecule has 3 rings (SSSR count). The molecule has 2 unspecified atom stereocenters. The summed E-state index contributed by atoms with van der Waals surface area (Å²) in [7, 11) is 1.65. The maximum Gasteiger partial charge on any atom is 0.341 e. The number of carbonyl (C=O) groups is 2. The maximum absolute atomic E-state index is 12.8. The number of amides is 2. The number of piperidine rings is 1. The van der Waals surface area contributed by atoms with E-state index in [9.17, 15) is 9.59 Å². The first-order chi connectivity index (χ1) is 13.9. The van der Waals surface area contributed by atoms with Gasteiger partial charge in [-0.25, -0.2) is 9.59 Å². The molecule has 8 nitrogen and oxygen atoms in total. The van der Waals surface area contributed by atoms with Crippen LogP contribution in [-0.4, -0.2) is 73.4 Å². The minimum absolute atomic E-state index is 0.0275. The Balaban J connectivity index is 1.54. The van der Waals surface area contributed by atoms with Crippen molar-refractivity contribution >= 4 is 12.0 Å². The summed E-state index contributed by atoms with van der Waals surface area (Å²) >= 11 is 0. The number of morpholine rings is 1. The molecule has 2 heterocycles. The first-order valence-corrected chi connectivity index (χ1v) is 10.3. The van der Waals surface area contributed by atoms with Gasteiger partial charge in [-0.2, -0.15) is 0 Å². The normalized spacial score (nSPS) is 26.2. The second kappa shape index (κ2) is 9.56. The van der Waals surface area contributed by atoms with Crippen LogP contribution < -0.4 is 11.1 Å². The van der Waals surface area contributed by atoms with E-state index in [1.54, 1.807) is 14.0 Å². The van der Waals surface area contributed by atoms with Gasteiger partial charge >= 0.3 is 12.0 Å². The molecule has 2 aliphatic heterocycles. The molecule has 2 saturated heterocycles. The number of rotatable bonds is 5. The van der Waals surface area contributed by atoms with Crippen LogP contribution in [0.15, 0.2) is 30.3 Å². The van der Waals surface area contributed by atoms with E-state index in [1.807, 2.05) is 35.2 Å². The van der Waals surface area contributed by atoms with E-state index in [0.29, 0.717) is 19.1 Å². The lowest BCUT2D eigenvalue weighted by Crippen LogP contribution is -2.67. The highest BCUT2D eigenvalue weighted by atomic mass is 16.6. The second-order valence-electron chi connectivity index (χ2n) is 7.94. The van der Waals surface area contributed by atoms with Crippen LogP contribution >= 0.6 is 0 Å².